The predicted octanol–water partition coefficient (Wildman–Crippen LogP) is 2.49. The molecule has 1 aliphatic rings. The van der Waals surface area contributed by atoms with E-state index in [1.807, 2.05) is 45.0 Å². The smallest absolute Gasteiger partial charge is 0.240 e. The van der Waals surface area contributed by atoms with E-state index in [2.05, 4.69) is 10.6 Å². The van der Waals surface area contributed by atoms with E-state index in [1.54, 1.807) is 0 Å². The molecule has 4 nitrogen and oxygen atoms in total. The van der Waals surface area contributed by atoms with E-state index in [0.717, 1.165) is 11.3 Å². The summed E-state index contributed by atoms with van der Waals surface area (Å²) < 4.78 is 0. The third-order valence-electron chi connectivity index (χ3n) is 3.60. The van der Waals surface area contributed by atoms with Gasteiger partial charge in [0.15, 0.2) is 0 Å². The van der Waals surface area contributed by atoms with E-state index >= 15 is 0 Å². The minimum Gasteiger partial charge on any atom is -0.355 e. The molecule has 1 fully saturated rings. The van der Waals surface area contributed by atoms with E-state index in [1.165, 1.54) is 0 Å². The van der Waals surface area contributed by atoms with Gasteiger partial charge in [-0.2, -0.15) is 0 Å². The molecular formula is C16H22N2O2. The van der Waals surface area contributed by atoms with Crippen LogP contribution in [0, 0.1) is 18.3 Å². The Balaban J connectivity index is 1.97. The van der Waals surface area contributed by atoms with Gasteiger partial charge in [0, 0.05) is 12.2 Å². The molecule has 0 saturated heterocycles. The normalized spacial score (nSPS) is 15.8. The summed E-state index contributed by atoms with van der Waals surface area (Å²) in [5.74, 6) is 0.0494. The third kappa shape index (κ3) is 3.18. The first-order valence-corrected chi connectivity index (χ1v) is 7.10. The van der Waals surface area contributed by atoms with E-state index in [9.17, 15) is 9.59 Å². The zero-order valence-electron chi connectivity index (χ0n) is 12.3. The van der Waals surface area contributed by atoms with Crippen LogP contribution in [0.15, 0.2) is 24.3 Å². The Morgan fingerprint density at radius 3 is 2.25 bits per heavy atom. The molecule has 20 heavy (non-hydrogen) atoms. The van der Waals surface area contributed by atoms with Gasteiger partial charge < -0.3 is 10.6 Å². The summed E-state index contributed by atoms with van der Waals surface area (Å²) in [7, 11) is 0. The number of carbonyl (C=O) groups is 2. The Hall–Kier alpha value is -1.84. The van der Waals surface area contributed by atoms with E-state index in [4.69, 9.17) is 0 Å². The zero-order chi connectivity index (χ0) is 14.8. The Morgan fingerprint density at radius 2 is 1.75 bits per heavy atom. The molecule has 0 aromatic heterocycles. The fraction of sp³-hybridized carbons (Fsp3) is 0.500. The summed E-state index contributed by atoms with van der Waals surface area (Å²) in [5, 5.41) is 5.70. The monoisotopic (exact) mass is 274 g/mol. The number of nitrogens with one attached hydrogen (secondary N) is 2. The Bertz CT molecular complexity index is 502. The highest BCUT2D eigenvalue weighted by molar-refractivity contribution is 6.13. The summed E-state index contributed by atoms with van der Waals surface area (Å²) in [4.78, 5) is 24.4. The number of rotatable bonds is 5. The van der Waals surface area contributed by atoms with Gasteiger partial charge in [0.1, 0.15) is 5.41 Å². The molecule has 1 aromatic rings. The Kier molecular flexibility index (Phi) is 4.12. The lowest BCUT2D eigenvalue weighted by molar-refractivity contribution is -0.134. The molecule has 1 saturated carbocycles. The number of benzene rings is 1. The minimum atomic E-state index is -0.847. The maximum Gasteiger partial charge on any atom is 0.240 e. The van der Waals surface area contributed by atoms with Crippen LogP contribution in [0.5, 0.6) is 0 Å². The molecule has 0 atom stereocenters. The molecule has 108 valence electrons. The number of amides is 2. The van der Waals surface area contributed by atoms with Gasteiger partial charge in [0.2, 0.25) is 11.8 Å². The van der Waals surface area contributed by atoms with Crippen LogP contribution in [0.1, 0.15) is 32.3 Å². The van der Waals surface area contributed by atoms with Crippen LogP contribution in [-0.2, 0) is 9.59 Å². The van der Waals surface area contributed by atoms with E-state index < -0.39 is 5.41 Å². The molecule has 0 unspecified atom stereocenters. The van der Waals surface area contributed by atoms with Crippen molar-refractivity contribution in [2.75, 3.05) is 11.9 Å². The van der Waals surface area contributed by atoms with E-state index in [-0.39, 0.29) is 11.8 Å². The molecule has 0 heterocycles. The predicted molar refractivity (Wildman–Crippen MR) is 79.3 cm³/mol. The fourth-order valence-corrected chi connectivity index (χ4v) is 2.04. The summed E-state index contributed by atoms with van der Waals surface area (Å²) in [5.41, 5.74) is 1.03. The number of aryl methyl sites for hydroxylation is 1. The molecule has 1 aliphatic carbocycles. The highest BCUT2D eigenvalue weighted by atomic mass is 16.2. The van der Waals surface area contributed by atoms with Crippen molar-refractivity contribution in [3.8, 4) is 0 Å². The lowest BCUT2D eigenvalue weighted by Gasteiger charge is -2.16. The molecule has 0 aliphatic heterocycles. The summed E-state index contributed by atoms with van der Waals surface area (Å²) in [6.07, 6.45) is 1.27. The van der Waals surface area contributed by atoms with Crippen molar-refractivity contribution in [3.63, 3.8) is 0 Å². The molecular weight excluding hydrogens is 252 g/mol. The molecule has 2 amide bonds. The topological polar surface area (TPSA) is 58.2 Å². The Labute approximate surface area is 119 Å². The van der Waals surface area contributed by atoms with Crippen LogP contribution in [0.25, 0.3) is 0 Å². The molecule has 0 bridgehead atoms. The Morgan fingerprint density at radius 1 is 1.15 bits per heavy atom. The van der Waals surface area contributed by atoms with Crippen molar-refractivity contribution in [2.45, 2.75) is 33.6 Å². The van der Waals surface area contributed by atoms with Crippen LogP contribution in [0.2, 0.25) is 0 Å². The summed E-state index contributed by atoms with van der Waals surface area (Å²) >= 11 is 0. The summed E-state index contributed by atoms with van der Waals surface area (Å²) in [6.45, 7) is 6.67. The first kappa shape index (κ1) is 14.6. The van der Waals surface area contributed by atoms with Gasteiger partial charge in [-0.1, -0.05) is 31.5 Å². The van der Waals surface area contributed by atoms with Crippen LogP contribution in [-0.4, -0.2) is 18.4 Å². The van der Waals surface area contributed by atoms with Crippen molar-refractivity contribution >= 4 is 17.5 Å². The van der Waals surface area contributed by atoms with Crippen LogP contribution in [0.4, 0.5) is 5.69 Å². The SMILES string of the molecule is Cc1ccc(NC(=O)C2(C(=O)NCC(C)C)CC2)cc1. The first-order chi connectivity index (χ1) is 9.44. The quantitative estimate of drug-likeness (QED) is 0.810. The molecule has 2 N–H and O–H groups in total. The van der Waals surface area contributed by atoms with Crippen LogP contribution >= 0.6 is 0 Å². The second-order valence-corrected chi connectivity index (χ2v) is 6.01. The van der Waals surface area contributed by atoms with E-state index in [0.29, 0.717) is 25.3 Å². The zero-order valence-corrected chi connectivity index (χ0v) is 12.3. The summed E-state index contributed by atoms with van der Waals surface area (Å²) in [6, 6.07) is 7.59. The van der Waals surface area contributed by atoms with Crippen molar-refractivity contribution in [2.24, 2.45) is 11.3 Å². The second-order valence-electron chi connectivity index (χ2n) is 6.01. The van der Waals surface area contributed by atoms with Crippen LogP contribution in [0.3, 0.4) is 0 Å². The van der Waals surface area contributed by atoms with Gasteiger partial charge in [0.25, 0.3) is 0 Å². The molecule has 1 aromatic carbocycles. The maximum atomic E-state index is 12.3. The average molecular weight is 274 g/mol. The van der Waals surface area contributed by atoms with Crippen molar-refractivity contribution in [3.05, 3.63) is 29.8 Å². The van der Waals surface area contributed by atoms with Gasteiger partial charge >= 0.3 is 0 Å². The van der Waals surface area contributed by atoms with Gasteiger partial charge in [-0.25, -0.2) is 0 Å². The van der Waals surface area contributed by atoms with Crippen LogP contribution < -0.4 is 10.6 Å². The van der Waals surface area contributed by atoms with Gasteiger partial charge in [-0.3, -0.25) is 9.59 Å². The molecule has 2 rings (SSSR count). The lowest BCUT2D eigenvalue weighted by atomic mass is 10.0. The highest BCUT2D eigenvalue weighted by Gasteiger charge is 2.56. The number of carbonyl (C=O) groups excluding carboxylic acids is 2. The minimum absolute atomic E-state index is 0.143. The molecule has 4 heteroatoms. The number of hydrogen-bond acceptors (Lipinski definition) is 2. The molecule has 0 spiro atoms. The third-order valence-corrected chi connectivity index (χ3v) is 3.60. The van der Waals surface area contributed by atoms with Crippen molar-refractivity contribution in [1.29, 1.82) is 0 Å². The first-order valence-electron chi connectivity index (χ1n) is 7.10. The van der Waals surface area contributed by atoms with Gasteiger partial charge in [-0.05, 0) is 37.8 Å². The fourth-order valence-electron chi connectivity index (χ4n) is 2.04. The second kappa shape index (κ2) is 5.65. The van der Waals surface area contributed by atoms with Crippen molar-refractivity contribution < 1.29 is 9.59 Å². The number of hydrogen-bond donors (Lipinski definition) is 2. The largest absolute Gasteiger partial charge is 0.355 e. The average Bonchev–Trinajstić information content (AvgIpc) is 3.20. The van der Waals surface area contributed by atoms with Gasteiger partial charge in [-0.15, -0.1) is 0 Å². The highest BCUT2D eigenvalue weighted by Crippen LogP contribution is 2.46. The lowest BCUT2D eigenvalue weighted by Crippen LogP contribution is -2.41. The molecule has 0 radical (unpaired) electrons. The van der Waals surface area contributed by atoms with Gasteiger partial charge in [0.05, 0.1) is 0 Å². The van der Waals surface area contributed by atoms with Crippen molar-refractivity contribution in [1.82, 2.24) is 5.32 Å². The number of anilines is 1. The maximum absolute atomic E-state index is 12.3. The standard InChI is InChI=1S/C16H22N2O2/c1-11(2)10-17-14(19)16(8-9-16)15(20)18-13-6-4-12(3)5-7-13/h4-7,11H,8-10H2,1-3H3,(H,17,19)(H,18,20).